The molecule has 0 aliphatic heterocycles. The Kier molecular flexibility index (Phi) is 2.97. The molecule has 0 saturated heterocycles. The molecule has 84 valence electrons. The second kappa shape index (κ2) is 4.26. The van der Waals surface area contributed by atoms with E-state index in [0.29, 0.717) is 16.6 Å². The largest absolute Gasteiger partial charge is 0.296 e. The zero-order chi connectivity index (χ0) is 11.7. The smallest absolute Gasteiger partial charge is 0.166 e. The van der Waals surface area contributed by atoms with Gasteiger partial charge in [-0.1, -0.05) is 25.4 Å². The van der Waals surface area contributed by atoms with Crippen molar-refractivity contribution >= 4 is 23.4 Å². The van der Waals surface area contributed by atoms with Crippen molar-refractivity contribution in [3.8, 4) is 0 Å². The molecule has 3 nitrogen and oxygen atoms in total. The Balaban J connectivity index is 2.71. The van der Waals surface area contributed by atoms with Crippen LogP contribution in [0.5, 0.6) is 0 Å². The summed E-state index contributed by atoms with van der Waals surface area (Å²) in [5.74, 6) is 0.364. The maximum Gasteiger partial charge on any atom is 0.166 e. The van der Waals surface area contributed by atoms with Crippen LogP contribution in [0.25, 0.3) is 5.52 Å². The topological polar surface area (TPSA) is 34.4 Å². The predicted octanol–water partition coefficient (Wildman–Crippen LogP) is 3.31. The molecule has 0 aromatic carbocycles. The average Bonchev–Trinajstić information content (AvgIpc) is 2.70. The van der Waals surface area contributed by atoms with E-state index in [0.717, 1.165) is 23.9 Å². The number of halogens is 1. The van der Waals surface area contributed by atoms with Gasteiger partial charge in [0.15, 0.2) is 6.29 Å². The molecule has 2 aromatic rings. The third kappa shape index (κ3) is 1.71. The van der Waals surface area contributed by atoms with E-state index in [9.17, 15) is 4.79 Å². The molecule has 2 rings (SSSR count). The van der Waals surface area contributed by atoms with Crippen LogP contribution in [0, 0.1) is 0 Å². The first kappa shape index (κ1) is 11.1. The Morgan fingerprint density at radius 2 is 2.31 bits per heavy atom. The van der Waals surface area contributed by atoms with Crippen LogP contribution in [0.15, 0.2) is 18.5 Å². The van der Waals surface area contributed by atoms with Crippen molar-refractivity contribution < 1.29 is 4.79 Å². The highest BCUT2D eigenvalue weighted by Crippen LogP contribution is 2.25. The van der Waals surface area contributed by atoms with Crippen LogP contribution in [-0.4, -0.2) is 15.7 Å². The fourth-order valence-electron chi connectivity index (χ4n) is 1.77. The first-order valence-corrected chi connectivity index (χ1v) is 5.66. The van der Waals surface area contributed by atoms with E-state index in [-0.39, 0.29) is 0 Å². The standard InChI is InChI=1S/C12H13ClN2O/c1-3-8(2)12-11-5-9(13)4-10(6-16)15(11)7-14-12/h4-8H,3H2,1-2H3/t8-/m1/s1. The van der Waals surface area contributed by atoms with Gasteiger partial charge in [-0.25, -0.2) is 4.98 Å². The molecule has 0 N–H and O–H groups in total. The van der Waals surface area contributed by atoms with E-state index in [1.807, 2.05) is 6.07 Å². The van der Waals surface area contributed by atoms with Gasteiger partial charge in [0.25, 0.3) is 0 Å². The number of pyridine rings is 1. The molecule has 0 amide bonds. The SMILES string of the molecule is CC[C@@H](C)c1ncn2c(C=O)cc(Cl)cc12. The zero-order valence-corrected chi connectivity index (χ0v) is 10.0. The quantitative estimate of drug-likeness (QED) is 0.767. The van der Waals surface area contributed by atoms with E-state index < -0.39 is 0 Å². The second-order valence-electron chi connectivity index (χ2n) is 3.91. The van der Waals surface area contributed by atoms with E-state index in [4.69, 9.17) is 11.6 Å². The molecule has 16 heavy (non-hydrogen) atoms. The lowest BCUT2D eigenvalue weighted by Gasteiger charge is -2.06. The normalized spacial score (nSPS) is 12.9. The van der Waals surface area contributed by atoms with Gasteiger partial charge in [-0.15, -0.1) is 0 Å². The number of rotatable bonds is 3. The Bertz CT molecular complexity index is 533. The molecular weight excluding hydrogens is 224 g/mol. The second-order valence-corrected chi connectivity index (χ2v) is 4.35. The van der Waals surface area contributed by atoms with Gasteiger partial charge in [-0.2, -0.15) is 0 Å². The van der Waals surface area contributed by atoms with Crippen molar-refractivity contribution in [3.63, 3.8) is 0 Å². The van der Waals surface area contributed by atoms with Crippen LogP contribution in [-0.2, 0) is 0 Å². The summed E-state index contributed by atoms with van der Waals surface area (Å²) < 4.78 is 1.78. The van der Waals surface area contributed by atoms with Gasteiger partial charge >= 0.3 is 0 Å². The van der Waals surface area contributed by atoms with Crippen molar-refractivity contribution in [2.45, 2.75) is 26.2 Å². The Labute approximate surface area is 99.1 Å². The summed E-state index contributed by atoms with van der Waals surface area (Å²) >= 11 is 5.98. The van der Waals surface area contributed by atoms with Crippen molar-refractivity contribution in [1.29, 1.82) is 0 Å². The minimum Gasteiger partial charge on any atom is -0.296 e. The lowest BCUT2D eigenvalue weighted by Crippen LogP contribution is -1.96. The lowest BCUT2D eigenvalue weighted by atomic mass is 10.0. The van der Waals surface area contributed by atoms with E-state index in [1.54, 1.807) is 16.8 Å². The van der Waals surface area contributed by atoms with Crippen LogP contribution < -0.4 is 0 Å². The summed E-state index contributed by atoms with van der Waals surface area (Å²) in [6, 6.07) is 3.49. The van der Waals surface area contributed by atoms with Crippen LogP contribution in [0.2, 0.25) is 5.02 Å². The Hall–Kier alpha value is -1.35. The molecule has 0 saturated carbocycles. The van der Waals surface area contributed by atoms with Crippen molar-refractivity contribution in [2.24, 2.45) is 0 Å². The van der Waals surface area contributed by atoms with Crippen molar-refractivity contribution in [2.75, 3.05) is 0 Å². The molecule has 0 fully saturated rings. The van der Waals surface area contributed by atoms with Crippen LogP contribution in [0.4, 0.5) is 0 Å². The number of nitrogens with zero attached hydrogens (tertiary/aromatic N) is 2. The molecule has 0 aliphatic carbocycles. The summed E-state index contributed by atoms with van der Waals surface area (Å²) in [7, 11) is 0. The van der Waals surface area contributed by atoms with Crippen molar-refractivity contribution in [1.82, 2.24) is 9.38 Å². The first-order valence-electron chi connectivity index (χ1n) is 5.29. The fraction of sp³-hybridized carbons (Fsp3) is 0.333. The van der Waals surface area contributed by atoms with Gasteiger partial charge in [0.1, 0.15) is 6.33 Å². The summed E-state index contributed by atoms with van der Waals surface area (Å²) in [5.41, 5.74) is 2.45. The van der Waals surface area contributed by atoms with E-state index >= 15 is 0 Å². The fourth-order valence-corrected chi connectivity index (χ4v) is 1.98. The van der Waals surface area contributed by atoms with Gasteiger partial charge in [0, 0.05) is 10.9 Å². The number of carbonyl (C=O) groups excluding carboxylic acids is 1. The van der Waals surface area contributed by atoms with E-state index in [1.165, 1.54) is 0 Å². The highest BCUT2D eigenvalue weighted by molar-refractivity contribution is 6.31. The summed E-state index contributed by atoms with van der Waals surface area (Å²) in [5, 5.41) is 0.569. The maximum absolute atomic E-state index is 10.9. The van der Waals surface area contributed by atoms with Gasteiger partial charge in [0.2, 0.25) is 0 Å². The average molecular weight is 237 g/mol. The molecule has 2 aromatic heterocycles. The predicted molar refractivity (Wildman–Crippen MR) is 64.3 cm³/mol. The molecule has 2 heterocycles. The number of imidazole rings is 1. The molecule has 0 unspecified atom stereocenters. The molecule has 1 atom stereocenters. The van der Waals surface area contributed by atoms with Crippen LogP contribution in [0.3, 0.4) is 0 Å². The highest BCUT2D eigenvalue weighted by Gasteiger charge is 2.13. The minimum absolute atomic E-state index is 0.364. The van der Waals surface area contributed by atoms with E-state index in [2.05, 4.69) is 18.8 Å². The van der Waals surface area contributed by atoms with Gasteiger partial charge in [-0.3, -0.25) is 9.20 Å². The third-order valence-corrected chi connectivity index (χ3v) is 3.09. The van der Waals surface area contributed by atoms with Crippen LogP contribution in [0.1, 0.15) is 42.4 Å². The van der Waals surface area contributed by atoms with Crippen molar-refractivity contribution in [3.05, 3.63) is 34.9 Å². The zero-order valence-electron chi connectivity index (χ0n) is 9.27. The Morgan fingerprint density at radius 1 is 1.56 bits per heavy atom. The number of carbonyl (C=O) groups is 1. The van der Waals surface area contributed by atoms with Gasteiger partial charge in [0.05, 0.1) is 16.9 Å². The summed E-state index contributed by atoms with van der Waals surface area (Å²) in [6.45, 7) is 4.23. The third-order valence-electron chi connectivity index (χ3n) is 2.87. The molecule has 4 heteroatoms. The number of aldehydes is 1. The minimum atomic E-state index is 0.364. The molecule has 0 bridgehead atoms. The lowest BCUT2D eigenvalue weighted by molar-refractivity contribution is 0.111. The molecular formula is C12H13ClN2O. The number of hydrogen-bond acceptors (Lipinski definition) is 2. The van der Waals surface area contributed by atoms with Crippen LogP contribution >= 0.6 is 11.6 Å². The molecule has 0 spiro atoms. The maximum atomic E-state index is 10.9. The number of fused-ring (bicyclic) bond motifs is 1. The highest BCUT2D eigenvalue weighted by atomic mass is 35.5. The van der Waals surface area contributed by atoms with Gasteiger partial charge < -0.3 is 0 Å². The monoisotopic (exact) mass is 236 g/mol. The summed E-state index contributed by atoms with van der Waals surface area (Å²) in [6.07, 6.45) is 3.48. The number of aromatic nitrogens is 2. The Morgan fingerprint density at radius 3 is 2.94 bits per heavy atom. The van der Waals surface area contributed by atoms with Gasteiger partial charge in [-0.05, 0) is 18.6 Å². The summed E-state index contributed by atoms with van der Waals surface area (Å²) in [4.78, 5) is 15.3. The molecule has 0 aliphatic rings. The first-order chi connectivity index (χ1) is 7.67. The number of hydrogen-bond donors (Lipinski definition) is 0. The molecule has 0 radical (unpaired) electrons.